The Kier molecular flexibility index (Phi) is 10.0. The van der Waals surface area contributed by atoms with E-state index in [9.17, 15) is 0 Å². The molecule has 0 heterocycles. The first kappa shape index (κ1) is 14.7. The van der Waals surface area contributed by atoms with Gasteiger partial charge in [-0.15, -0.1) is 0 Å². The van der Waals surface area contributed by atoms with Gasteiger partial charge in [0, 0.05) is 6.61 Å². The van der Waals surface area contributed by atoms with Gasteiger partial charge in [0.2, 0.25) is 0 Å². The van der Waals surface area contributed by atoms with Crippen LogP contribution in [0.4, 0.5) is 0 Å². The quantitative estimate of drug-likeness (QED) is 0.312. The molecule has 0 aromatic carbocycles. The van der Waals surface area contributed by atoms with Gasteiger partial charge in [-0.05, 0) is 25.7 Å². The highest BCUT2D eigenvalue weighted by atomic mass is 16.5. The summed E-state index contributed by atoms with van der Waals surface area (Å²) < 4.78 is 5.63. The number of rotatable bonds is 9. The van der Waals surface area contributed by atoms with Gasteiger partial charge in [-0.25, -0.2) is 0 Å². The summed E-state index contributed by atoms with van der Waals surface area (Å²) in [7, 11) is 0. The average Bonchev–Trinajstić information content (AvgIpc) is 2.25. The molecule has 2 atom stereocenters. The van der Waals surface area contributed by atoms with Gasteiger partial charge in [0.25, 0.3) is 0 Å². The molecule has 0 radical (unpaired) electrons. The van der Waals surface area contributed by atoms with E-state index in [4.69, 9.17) is 4.74 Å². The lowest BCUT2D eigenvalue weighted by Gasteiger charge is -2.19. The largest absolute Gasteiger partial charge is 0.381 e. The van der Waals surface area contributed by atoms with Crippen molar-refractivity contribution in [2.45, 2.75) is 59.0 Å². The average molecular weight is 211 g/mol. The Balaban J connectivity index is 3.53. The monoisotopic (exact) mass is 211 g/mol. The van der Waals surface area contributed by atoms with E-state index in [1.165, 1.54) is 19.3 Å². The van der Waals surface area contributed by atoms with Gasteiger partial charge in [-0.3, -0.25) is 0 Å². The maximum atomic E-state index is 5.63. The number of allylic oxidation sites excluding steroid dienone is 2. The minimum atomic E-state index is 0.350. The number of hydrogen-bond donors (Lipinski definition) is 0. The normalized spacial score (nSPS) is 15.7. The van der Waals surface area contributed by atoms with E-state index in [1.807, 2.05) is 0 Å². The molecule has 0 spiro atoms. The van der Waals surface area contributed by atoms with Crippen molar-refractivity contribution in [1.82, 2.24) is 0 Å². The van der Waals surface area contributed by atoms with E-state index in [0.29, 0.717) is 12.0 Å². The second kappa shape index (κ2) is 10.2. The van der Waals surface area contributed by atoms with Crippen molar-refractivity contribution in [3.8, 4) is 0 Å². The lowest BCUT2D eigenvalue weighted by molar-refractivity contribution is 0.0337. The molecular formula is C14H27O-. The minimum Gasteiger partial charge on any atom is -0.381 e. The molecule has 0 bridgehead atoms. The van der Waals surface area contributed by atoms with Crippen LogP contribution < -0.4 is 0 Å². The predicted octanol–water partition coefficient (Wildman–Crippen LogP) is 4.39. The first-order valence-corrected chi connectivity index (χ1v) is 6.28. The third kappa shape index (κ3) is 8.68. The summed E-state index contributed by atoms with van der Waals surface area (Å²) in [5, 5.41) is 0. The Hall–Kier alpha value is -0.300. The first-order valence-electron chi connectivity index (χ1n) is 6.28. The Morgan fingerprint density at radius 1 is 1.27 bits per heavy atom. The standard InChI is InChI=1S/C14H27O/c1-5-7-8-9-10-11-13(3)14(4)15-12-6-2/h9-10,13-14H,2,5-8,11-12H2,1,3-4H3/q-1/b10-9+. The van der Waals surface area contributed by atoms with Crippen molar-refractivity contribution in [2.24, 2.45) is 5.92 Å². The van der Waals surface area contributed by atoms with Gasteiger partial charge in [-0.1, -0.05) is 38.8 Å². The topological polar surface area (TPSA) is 9.23 Å². The van der Waals surface area contributed by atoms with E-state index >= 15 is 0 Å². The molecule has 0 aliphatic rings. The molecule has 0 aliphatic carbocycles. The third-order valence-corrected chi connectivity index (χ3v) is 2.73. The number of unbranched alkanes of at least 4 members (excludes halogenated alkanes) is 2. The lowest BCUT2D eigenvalue weighted by Crippen LogP contribution is -2.18. The summed E-state index contributed by atoms with van der Waals surface area (Å²) in [5.41, 5.74) is 0. The molecule has 0 N–H and O–H groups in total. The molecule has 90 valence electrons. The maximum absolute atomic E-state index is 5.63. The van der Waals surface area contributed by atoms with E-state index in [2.05, 4.69) is 39.8 Å². The van der Waals surface area contributed by atoms with Crippen LogP contribution >= 0.6 is 0 Å². The SMILES string of the molecule is [CH2-]CCOC(C)C(C)C/C=C/CCCC. The van der Waals surface area contributed by atoms with Crippen LogP contribution in [0.1, 0.15) is 52.9 Å². The highest BCUT2D eigenvalue weighted by Crippen LogP contribution is 2.12. The molecule has 0 aromatic rings. The minimum absolute atomic E-state index is 0.350. The van der Waals surface area contributed by atoms with E-state index < -0.39 is 0 Å². The number of hydrogen-bond acceptors (Lipinski definition) is 1. The van der Waals surface area contributed by atoms with Crippen LogP contribution in [0.15, 0.2) is 12.2 Å². The lowest BCUT2D eigenvalue weighted by atomic mass is 10.0. The van der Waals surface area contributed by atoms with Crippen LogP contribution in [0, 0.1) is 12.8 Å². The molecule has 0 aliphatic heterocycles. The zero-order chi connectivity index (χ0) is 11.5. The molecule has 0 amide bonds. The molecular weight excluding hydrogens is 184 g/mol. The van der Waals surface area contributed by atoms with E-state index in [0.717, 1.165) is 19.4 Å². The molecule has 15 heavy (non-hydrogen) atoms. The summed E-state index contributed by atoms with van der Waals surface area (Å²) in [4.78, 5) is 0. The molecule has 0 saturated heterocycles. The summed E-state index contributed by atoms with van der Waals surface area (Å²) in [5.74, 6) is 0.606. The van der Waals surface area contributed by atoms with Crippen LogP contribution in [0.2, 0.25) is 0 Å². The Bertz CT molecular complexity index is 151. The Morgan fingerprint density at radius 2 is 2.00 bits per heavy atom. The van der Waals surface area contributed by atoms with Gasteiger partial charge in [0.15, 0.2) is 0 Å². The van der Waals surface area contributed by atoms with Crippen LogP contribution in [0.5, 0.6) is 0 Å². The van der Waals surface area contributed by atoms with Crippen molar-refractivity contribution in [2.75, 3.05) is 6.61 Å². The fraction of sp³-hybridized carbons (Fsp3) is 0.786. The summed E-state index contributed by atoms with van der Waals surface area (Å²) in [6.45, 7) is 11.2. The zero-order valence-corrected chi connectivity index (χ0v) is 10.7. The fourth-order valence-corrected chi connectivity index (χ4v) is 1.38. The molecule has 1 heteroatoms. The molecule has 1 nitrogen and oxygen atoms in total. The Morgan fingerprint density at radius 3 is 2.60 bits per heavy atom. The summed E-state index contributed by atoms with van der Waals surface area (Å²) in [6.07, 6.45) is 10.7. The molecule has 0 saturated carbocycles. The number of ether oxygens (including phenoxy) is 1. The van der Waals surface area contributed by atoms with Gasteiger partial charge >= 0.3 is 0 Å². The molecule has 0 fully saturated rings. The first-order chi connectivity index (χ1) is 7.22. The fourth-order valence-electron chi connectivity index (χ4n) is 1.38. The third-order valence-electron chi connectivity index (χ3n) is 2.73. The maximum Gasteiger partial charge on any atom is 0.0574 e. The molecule has 0 rings (SSSR count). The highest BCUT2D eigenvalue weighted by Gasteiger charge is 2.09. The predicted molar refractivity (Wildman–Crippen MR) is 67.8 cm³/mol. The summed E-state index contributed by atoms with van der Waals surface area (Å²) in [6, 6.07) is 0. The van der Waals surface area contributed by atoms with Crippen molar-refractivity contribution >= 4 is 0 Å². The van der Waals surface area contributed by atoms with Crippen molar-refractivity contribution < 1.29 is 4.74 Å². The van der Waals surface area contributed by atoms with Crippen LogP contribution in [-0.2, 0) is 4.74 Å². The van der Waals surface area contributed by atoms with Gasteiger partial charge in [0.1, 0.15) is 0 Å². The molecule has 2 unspecified atom stereocenters. The van der Waals surface area contributed by atoms with Gasteiger partial charge in [-0.2, -0.15) is 6.42 Å². The van der Waals surface area contributed by atoms with Gasteiger partial charge < -0.3 is 11.7 Å². The van der Waals surface area contributed by atoms with Crippen LogP contribution in [-0.4, -0.2) is 12.7 Å². The van der Waals surface area contributed by atoms with Crippen LogP contribution in [0.25, 0.3) is 0 Å². The van der Waals surface area contributed by atoms with Gasteiger partial charge in [0.05, 0.1) is 6.10 Å². The second-order valence-electron chi connectivity index (χ2n) is 4.26. The zero-order valence-electron chi connectivity index (χ0n) is 10.7. The molecule has 0 aromatic heterocycles. The summed E-state index contributed by atoms with van der Waals surface area (Å²) >= 11 is 0. The van der Waals surface area contributed by atoms with Crippen molar-refractivity contribution in [3.05, 3.63) is 19.1 Å². The second-order valence-corrected chi connectivity index (χ2v) is 4.26. The Labute approximate surface area is 95.9 Å². The highest BCUT2D eigenvalue weighted by molar-refractivity contribution is 4.84. The van der Waals surface area contributed by atoms with E-state index in [1.54, 1.807) is 0 Å². The van der Waals surface area contributed by atoms with Crippen molar-refractivity contribution in [1.29, 1.82) is 0 Å². The van der Waals surface area contributed by atoms with E-state index in [-0.39, 0.29) is 0 Å². The smallest absolute Gasteiger partial charge is 0.0574 e. The van der Waals surface area contributed by atoms with Crippen molar-refractivity contribution in [3.63, 3.8) is 0 Å². The van der Waals surface area contributed by atoms with Crippen LogP contribution in [0.3, 0.4) is 0 Å².